The van der Waals surface area contributed by atoms with Gasteiger partial charge < -0.3 is 15.0 Å². The first-order chi connectivity index (χ1) is 11.8. The molecule has 6 heteroatoms. The van der Waals surface area contributed by atoms with Crippen molar-refractivity contribution in [2.45, 2.75) is 31.9 Å². The predicted molar refractivity (Wildman–Crippen MR) is 92.1 cm³/mol. The van der Waals surface area contributed by atoms with Crippen molar-refractivity contribution in [2.75, 3.05) is 11.9 Å². The number of aromatic nitrogens is 3. The second kappa shape index (κ2) is 6.49. The average Bonchev–Trinajstić information content (AvgIpc) is 3.24. The first kappa shape index (κ1) is 15.0. The fourth-order valence-electron chi connectivity index (χ4n) is 3.09. The van der Waals surface area contributed by atoms with Crippen molar-refractivity contribution >= 4 is 22.5 Å². The van der Waals surface area contributed by atoms with E-state index in [0.29, 0.717) is 11.3 Å². The molecule has 2 N–H and O–H groups in total. The Hall–Kier alpha value is -2.60. The zero-order valence-electron chi connectivity index (χ0n) is 13.4. The summed E-state index contributed by atoms with van der Waals surface area (Å²) in [6.45, 7) is 1.56. The number of anilines is 1. The second-order valence-corrected chi connectivity index (χ2v) is 6.17. The van der Waals surface area contributed by atoms with Gasteiger partial charge in [0, 0.05) is 35.5 Å². The summed E-state index contributed by atoms with van der Waals surface area (Å²) in [6.07, 6.45) is 9.03. The summed E-state index contributed by atoms with van der Waals surface area (Å²) in [5, 5.41) is 8.24. The highest BCUT2D eigenvalue weighted by atomic mass is 16.5. The van der Waals surface area contributed by atoms with E-state index in [9.17, 15) is 4.79 Å². The van der Waals surface area contributed by atoms with Gasteiger partial charge in [0.2, 0.25) is 0 Å². The van der Waals surface area contributed by atoms with Crippen LogP contribution in [0.2, 0.25) is 0 Å². The number of nitrogens with one attached hydrogen (secondary N) is 2. The van der Waals surface area contributed by atoms with E-state index in [1.54, 1.807) is 6.20 Å². The number of ether oxygens (including phenoxy) is 1. The van der Waals surface area contributed by atoms with E-state index < -0.39 is 0 Å². The maximum Gasteiger partial charge on any atom is 0.255 e. The van der Waals surface area contributed by atoms with Crippen molar-refractivity contribution in [1.29, 1.82) is 0 Å². The molecule has 1 aromatic carbocycles. The third-order valence-corrected chi connectivity index (χ3v) is 4.37. The Morgan fingerprint density at radius 3 is 3.21 bits per heavy atom. The molecule has 0 saturated carbocycles. The molecule has 1 fully saturated rings. The number of carbonyl (C=O) groups is 1. The Bertz CT molecular complexity index is 845. The molecule has 3 aromatic rings. The van der Waals surface area contributed by atoms with Gasteiger partial charge in [-0.2, -0.15) is 5.10 Å². The summed E-state index contributed by atoms with van der Waals surface area (Å²) in [5.74, 6) is -0.133. The monoisotopic (exact) mass is 324 g/mol. The number of aromatic amines is 1. The van der Waals surface area contributed by atoms with Gasteiger partial charge in [-0.3, -0.25) is 9.48 Å². The molecule has 124 valence electrons. The number of hydrogen-bond acceptors (Lipinski definition) is 3. The molecule has 0 bridgehead atoms. The molecule has 0 unspecified atom stereocenters. The first-order valence-corrected chi connectivity index (χ1v) is 8.30. The molecular weight excluding hydrogens is 304 g/mol. The van der Waals surface area contributed by atoms with Crippen LogP contribution in [0.3, 0.4) is 0 Å². The van der Waals surface area contributed by atoms with Gasteiger partial charge in [0.25, 0.3) is 5.91 Å². The normalized spacial score (nSPS) is 17.9. The summed E-state index contributed by atoms with van der Waals surface area (Å²) in [7, 11) is 0. The lowest BCUT2D eigenvalue weighted by Gasteiger charge is -2.22. The lowest BCUT2D eigenvalue weighted by atomic mass is 10.1. The minimum absolute atomic E-state index is 0.133. The summed E-state index contributed by atoms with van der Waals surface area (Å²) < 4.78 is 7.56. The van der Waals surface area contributed by atoms with Gasteiger partial charge in [0.1, 0.15) is 0 Å². The molecule has 1 atom stereocenters. The van der Waals surface area contributed by atoms with Crippen molar-refractivity contribution < 1.29 is 9.53 Å². The number of H-pyrrole nitrogens is 1. The van der Waals surface area contributed by atoms with Crippen LogP contribution in [0.4, 0.5) is 5.69 Å². The summed E-state index contributed by atoms with van der Waals surface area (Å²) in [6, 6.07) is 7.55. The van der Waals surface area contributed by atoms with Gasteiger partial charge in [-0.05, 0) is 43.5 Å². The Morgan fingerprint density at radius 1 is 1.38 bits per heavy atom. The Labute approximate surface area is 139 Å². The van der Waals surface area contributed by atoms with Crippen LogP contribution < -0.4 is 5.32 Å². The lowest BCUT2D eigenvalue weighted by molar-refractivity contribution is 0.00401. The maximum atomic E-state index is 12.4. The van der Waals surface area contributed by atoms with Crippen molar-refractivity contribution in [3.8, 4) is 0 Å². The molecule has 1 amide bonds. The quantitative estimate of drug-likeness (QED) is 0.774. The fraction of sp³-hybridized carbons (Fsp3) is 0.333. The molecule has 0 aliphatic carbocycles. The lowest BCUT2D eigenvalue weighted by Crippen LogP contribution is -2.24. The number of rotatable bonds is 4. The van der Waals surface area contributed by atoms with E-state index in [1.165, 1.54) is 6.42 Å². The third kappa shape index (κ3) is 3.19. The maximum absolute atomic E-state index is 12.4. The Balaban J connectivity index is 1.41. The highest BCUT2D eigenvalue weighted by Crippen LogP contribution is 2.17. The van der Waals surface area contributed by atoms with Crippen molar-refractivity contribution in [2.24, 2.45) is 0 Å². The largest absolute Gasteiger partial charge is 0.376 e. The van der Waals surface area contributed by atoms with Gasteiger partial charge in [0.15, 0.2) is 0 Å². The number of hydrogen-bond donors (Lipinski definition) is 2. The van der Waals surface area contributed by atoms with Gasteiger partial charge in [-0.1, -0.05) is 0 Å². The van der Waals surface area contributed by atoms with Gasteiger partial charge in [-0.15, -0.1) is 0 Å². The van der Waals surface area contributed by atoms with Crippen LogP contribution in [0.5, 0.6) is 0 Å². The van der Waals surface area contributed by atoms with Gasteiger partial charge >= 0.3 is 0 Å². The molecule has 3 heterocycles. The van der Waals surface area contributed by atoms with Crippen molar-refractivity contribution in [3.05, 3.63) is 48.4 Å². The molecule has 0 spiro atoms. The molecule has 1 aliphatic rings. The molecular formula is C18H20N4O2. The number of benzene rings is 1. The fourth-order valence-corrected chi connectivity index (χ4v) is 3.09. The minimum atomic E-state index is -0.133. The van der Waals surface area contributed by atoms with E-state index in [1.807, 2.05) is 41.3 Å². The highest BCUT2D eigenvalue weighted by molar-refractivity contribution is 6.06. The van der Waals surface area contributed by atoms with E-state index in [0.717, 1.165) is 36.9 Å². The van der Waals surface area contributed by atoms with Gasteiger partial charge in [-0.25, -0.2) is 0 Å². The molecule has 1 aliphatic heterocycles. The zero-order valence-corrected chi connectivity index (χ0v) is 13.4. The first-order valence-electron chi connectivity index (χ1n) is 8.30. The van der Waals surface area contributed by atoms with E-state index in [2.05, 4.69) is 15.4 Å². The minimum Gasteiger partial charge on any atom is -0.376 e. The molecule has 6 nitrogen and oxygen atoms in total. The van der Waals surface area contributed by atoms with Crippen molar-refractivity contribution in [1.82, 2.24) is 14.8 Å². The van der Waals surface area contributed by atoms with E-state index in [-0.39, 0.29) is 12.0 Å². The predicted octanol–water partition coefficient (Wildman–Crippen LogP) is 3.19. The Kier molecular flexibility index (Phi) is 4.04. The van der Waals surface area contributed by atoms with Crippen LogP contribution in [0.25, 0.3) is 10.9 Å². The average molecular weight is 324 g/mol. The topological polar surface area (TPSA) is 71.9 Å². The summed E-state index contributed by atoms with van der Waals surface area (Å²) in [5.41, 5.74) is 2.35. The third-order valence-electron chi connectivity index (χ3n) is 4.37. The van der Waals surface area contributed by atoms with Crippen LogP contribution in [-0.4, -0.2) is 33.4 Å². The summed E-state index contributed by atoms with van der Waals surface area (Å²) in [4.78, 5) is 15.5. The molecule has 24 heavy (non-hydrogen) atoms. The van der Waals surface area contributed by atoms with E-state index in [4.69, 9.17) is 4.74 Å². The van der Waals surface area contributed by atoms with Crippen LogP contribution in [0.1, 0.15) is 29.6 Å². The van der Waals surface area contributed by atoms with Crippen LogP contribution in [-0.2, 0) is 11.3 Å². The van der Waals surface area contributed by atoms with Crippen LogP contribution in [0.15, 0.2) is 42.9 Å². The molecule has 1 saturated heterocycles. The second-order valence-electron chi connectivity index (χ2n) is 6.17. The number of amides is 1. The zero-order chi connectivity index (χ0) is 16.4. The molecule has 4 rings (SSSR count). The molecule has 0 radical (unpaired) electrons. The molecule has 2 aromatic heterocycles. The highest BCUT2D eigenvalue weighted by Gasteiger charge is 2.15. The number of fused-ring (bicyclic) bond motifs is 1. The smallest absolute Gasteiger partial charge is 0.255 e. The SMILES string of the molecule is O=C(Nc1cnn(C[C@H]2CCCCO2)c1)c1ccc2[nH]ccc2c1. The summed E-state index contributed by atoms with van der Waals surface area (Å²) >= 11 is 0. The van der Waals surface area contributed by atoms with Crippen LogP contribution >= 0.6 is 0 Å². The van der Waals surface area contributed by atoms with Crippen LogP contribution in [0, 0.1) is 0 Å². The van der Waals surface area contributed by atoms with E-state index >= 15 is 0 Å². The Morgan fingerprint density at radius 2 is 2.33 bits per heavy atom. The number of carbonyl (C=O) groups excluding carboxylic acids is 1. The number of nitrogens with zero attached hydrogens (tertiary/aromatic N) is 2. The standard InChI is InChI=1S/C18H20N4O2/c23-18(14-4-5-17-13(9-14)6-7-19-17)21-15-10-20-22(11-15)12-16-3-1-2-8-24-16/h4-7,9-11,16,19H,1-3,8,12H2,(H,21,23)/t16-/m1/s1. The van der Waals surface area contributed by atoms with Gasteiger partial charge in [0.05, 0.1) is 24.5 Å². The van der Waals surface area contributed by atoms with Crippen molar-refractivity contribution in [3.63, 3.8) is 0 Å².